The number of carbonyl (C=O) groups excluding carboxylic acids is 4. The van der Waals surface area contributed by atoms with Crippen molar-refractivity contribution in [3.05, 3.63) is 70.0 Å². The number of amides is 4. The molecule has 2 atom stereocenters. The maximum absolute atomic E-state index is 15.2. The Bertz CT molecular complexity index is 1260. The monoisotopic (exact) mass is 499 g/mol. The van der Waals surface area contributed by atoms with Gasteiger partial charge in [0.1, 0.15) is 23.5 Å². The van der Waals surface area contributed by atoms with Crippen molar-refractivity contribution in [1.29, 1.82) is 0 Å². The number of hydrogen-bond acceptors (Lipinski definition) is 4. The first-order chi connectivity index (χ1) is 16.4. The molecule has 0 saturated carbocycles. The number of nitrogens with one attached hydrogen (secondary N) is 2. The number of halogens is 6. The van der Waals surface area contributed by atoms with Gasteiger partial charge < -0.3 is 10.2 Å². The van der Waals surface area contributed by atoms with Gasteiger partial charge in [0.05, 0.1) is 12.1 Å². The minimum absolute atomic E-state index is 0.00411. The fourth-order valence-corrected chi connectivity index (χ4v) is 4.06. The van der Waals surface area contributed by atoms with Crippen molar-refractivity contribution < 1.29 is 45.5 Å². The van der Waals surface area contributed by atoms with Crippen molar-refractivity contribution in [1.82, 2.24) is 15.5 Å². The van der Waals surface area contributed by atoms with Gasteiger partial charge in [0, 0.05) is 29.2 Å². The fourth-order valence-electron chi connectivity index (χ4n) is 4.06. The number of benzene rings is 2. The molecule has 2 heterocycles. The predicted octanol–water partition coefficient (Wildman–Crippen LogP) is 2.90. The summed E-state index contributed by atoms with van der Waals surface area (Å²) < 4.78 is 83.0. The number of fused-ring (bicyclic) bond motifs is 1. The zero-order valence-corrected chi connectivity index (χ0v) is 17.5. The van der Waals surface area contributed by atoms with Crippen molar-refractivity contribution in [3.8, 4) is 0 Å². The van der Waals surface area contributed by atoms with Gasteiger partial charge in [-0.3, -0.25) is 24.5 Å². The molecule has 35 heavy (non-hydrogen) atoms. The molecule has 2 aliphatic heterocycles. The van der Waals surface area contributed by atoms with Crippen molar-refractivity contribution in [3.63, 3.8) is 0 Å². The van der Waals surface area contributed by atoms with E-state index in [4.69, 9.17) is 0 Å². The van der Waals surface area contributed by atoms with Crippen LogP contribution in [0, 0.1) is 17.5 Å². The van der Waals surface area contributed by atoms with Gasteiger partial charge in [0.15, 0.2) is 6.04 Å². The fraction of sp³-hybridized carbons (Fsp3) is 0.273. The Balaban J connectivity index is 1.61. The Morgan fingerprint density at radius 2 is 1.80 bits per heavy atom. The summed E-state index contributed by atoms with van der Waals surface area (Å²) in [7, 11) is 0. The third-order valence-corrected chi connectivity index (χ3v) is 5.77. The van der Waals surface area contributed by atoms with E-state index in [0.29, 0.717) is 12.1 Å². The van der Waals surface area contributed by atoms with Crippen molar-refractivity contribution in [2.75, 3.05) is 0 Å². The van der Waals surface area contributed by atoms with Gasteiger partial charge in [-0.1, -0.05) is 6.07 Å². The van der Waals surface area contributed by atoms with Crippen LogP contribution in [0.2, 0.25) is 0 Å². The highest BCUT2D eigenvalue weighted by Gasteiger charge is 2.45. The molecule has 0 aromatic heterocycles. The van der Waals surface area contributed by atoms with Gasteiger partial charge in [-0.25, -0.2) is 13.2 Å². The molecule has 0 radical (unpaired) electrons. The maximum atomic E-state index is 15.2. The van der Waals surface area contributed by atoms with E-state index in [1.165, 1.54) is 5.32 Å². The molecule has 4 rings (SSSR count). The first-order valence-electron chi connectivity index (χ1n) is 10.2. The maximum Gasteiger partial charge on any atom is 0.412 e. The van der Waals surface area contributed by atoms with E-state index in [2.05, 4.69) is 5.32 Å². The Morgan fingerprint density at radius 3 is 2.43 bits per heavy atom. The lowest BCUT2D eigenvalue weighted by Crippen LogP contribution is -2.52. The van der Waals surface area contributed by atoms with E-state index in [0.717, 1.165) is 17.0 Å². The molecule has 1 saturated heterocycles. The first kappa shape index (κ1) is 24.2. The number of alkyl halides is 3. The quantitative estimate of drug-likeness (QED) is 0.500. The molecule has 2 N–H and O–H groups in total. The first-order valence-corrected chi connectivity index (χ1v) is 10.2. The van der Waals surface area contributed by atoms with Gasteiger partial charge >= 0.3 is 6.18 Å². The molecule has 2 unspecified atom stereocenters. The summed E-state index contributed by atoms with van der Waals surface area (Å²) in [6, 6.07) is -0.851. The Morgan fingerprint density at radius 1 is 1.09 bits per heavy atom. The summed E-state index contributed by atoms with van der Waals surface area (Å²) in [5.74, 6) is -7.57. The molecule has 0 bridgehead atoms. The lowest BCUT2D eigenvalue weighted by atomic mass is 10.0. The van der Waals surface area contributed by atoms with Crippen LogP contribution < -0.4 is 10.6 Å². The number of nitrogens with zero attached hydrogens (tertiary/aromatic N) is 1. The van der Waals surface area contributed by atoms with E-state index in [1.54, 1.807) is 0 Å². The smallest absolute Gasteiger partial charge is 0.337 e. The second kappa shape index (κ2) is 8.71. The van der Waals surface area contributed by atoms with Gasteiger partial charge in [0.2, 0.25) is 11.8 Å². The summed E-state index contributed by atoms with van der Waals surface area (Å²) >= 11 is 0. The van der Waals surface area contributed by atoms with Gasteiger partial charge in [0.25, 0.3) is 11.8 Å². The highest BCUT2D eigenvalue weighted by atomic mass is 19.4. The number of hydrogen-bond donors (Lipinski definition) is 2. The molecule has 0 aliphatic carbocycles. The summed E-state index contributed by atoms with van der Waals surface area (Å²) in [6.45, 7) is -0.456. The van der Waals surface area contributed by atoms with Crippen LogP contribution in [-0.2, 0) is 16.1 Å². The minimum atomic E-state index is -5.21. The molecular weight excluding hydrogens is 484 g/mol. The largest absolute Gasteiger partial charge is 0.412 e. The zero-order chi connectivity index (χ0) is 25.7. The normalized spacial score (nSPS) is 18.9. The lowest BCUT2D eigenvalue weighted by Gasteiger charge is -2.29. The second-order valence-corrected chi connectivity index (χ2v) is 7.97. The number of carbonyl (C=O) groups is 4. The molecular formula is C22H15F6N3O4. The predicted molar refractivity (Wildman–Crippen MR) is 105 cm³/mol. The number of piperidine rings is 1. The molecule has 2 aromatic rings. The van der Waals surface area contributed by atoms with Crippen LogP contribution in [0.25, 0.3) is 0 Å². The van der Waals surface area contributed by atoms with Crippen LogP contribution in [-0.4, -0.2) is 40.7 Å². The Labute approximate surface area is 193 Å². The van der Waals surface area contributed by atoms with Crippen LogP contribution in [0.4, 0.5) is 26.3 Å². The topological polar surface area (TPSA) is 95.6 Å². The van der Waals surface area contributed by atoms with E-state index < -0.39 is 77.0 Å². The standard InChI is InChI=1S/C22H15F6N3O4/c23-9-1-2-11(14(24)7-9)18(22(26,27)28)30-19(33)12-4-3-10-13(17(12)25)8-31(21(10)35)15-5-6-16(32)29-20(15)34/h1-4,7,15,18H,5-6,8H2,(H,30,33)(H,29,32,34). The second-order valence-electron chi connectivity index (χ2n) is 7.97. The molecule has 4 amide bonds. The van der Waals surface area contributed by atoms with Crippen LogP contribution in [0.15, 0.2) is 30.3 Å². The van der Waals surface area contributed by atoms with Crippen molar-refractivity contribution in [2.45, 2.75) is 37.6 Å². The molecule has 7 nitrogen and oxygen atoms in total. The van der Waals surface area contributed by atoms with Crippen LogP contribution in [0.3, 0.4) is 0 Å². The molecule has 184 valence electrons. The van der Waals surface area contributed by atoms with Crippen LogP contribution in [0.1, 0.15) is 50.7 Å². The van der Waals surface area contributed by atoms with E-state index in [9.17, 15) is 41.1 Å². The number of imide groups is 1. The van der Waals surface area contributed by atoms with Crippen LogP contribution in [0.5, 0.6) is 0 Å². The van der Waals surface area contributed by atoms with Gasteiger partial charge in [-0.15, -0.1) is 0 Å². The average Bonchev–Trinajstić information content (AvgIpc) is 3.09. The third kappa shape index (κ3) is 4.45. The molecule has 1 fully saturated rings. The van der Waals surface area contributed by atoms with Crippen molar-refractivity contribution in [2.24, 2.45) is 0 Å². The zero-order valence-electron chi connectivity index (χ0n) is 17.5. The van der Waals surface area contributed by atoms with E-state index in [-0.39, 0.29) is 30.0 Å². The summed E-state index contributed by atoms with van der Waals surface area (Å²) in [5.41, 5.74) is -2.43. The summed E-state index contributed by atoms with van der Waals surface area (Å²) in [5, 5.41) is 3.58. The molecule has 2 aliphatic rings. The van der Waals surface area contributed by atoms with Gasteiger partial charge in [-0.05, 0) is 24.6 Å². The highest BCUT2D eigenvalue weighted by molar-refractivity contribution is 6.06. The molecule has 2 aromatic carbocycles. The Hall–Kier alpha value is -3.90. The van der Waals surface area contributed by atoms with Crippen LogP contribution >= 0.6 is 0 Å². The third-order valence-electron chi connectivity index (χ3n) is 5.77. The minimum Gasteiger partial charge on any atom is -0.337 e. The van der Waals surface area contributed by atoms with E-state index >= 15 is 4.39 Å². The number of rotatable bonds is 4. The summed E-state index contributed by atoms with van der Waals surface area (Å²) in [6.07, 6.45) is -5.26. The summed E-state index contributed by atoms with van der Waals surface area (Å²) in [4.78, 5) is 49.7. The van der Waals surface area contributed by atoms with E-state index in [1.807, 2.05) is 0 Å². The lowest BCUT2D eigenvalue weighted by molar-refractivity contribution is -0.155. The average molecular weight is 499 g/mol. The van der Waals surface area contributed by atoms with Crippen molar-refractivity contribution >= 4 is 23.6 Å². The molecule has 13 heteroatoms. The Kier molecular flexibility index (Phi) is 6.03. The highest BCUT2D eigenvalue weighted by Crippen LogP contribution is 2.35. The molecule has 0 spiro atoms. The SMILES string of the molecule is O=C1CCC(N2Cc3c(ccc(C(=O)NC(c4ccc(F)cc4F)C(F)(F)F)c3F)C2=O)C(=O)N1. The van der Waals surface area contributed by atoms with Gasteiger partial charge in [-0.2, -0.15) is 13.2 Å².